The van der Waals surface area contributed by atoms with E-state index in [-0.39, 0.29) is 51.0 Å². The Morgan fingerprint density at radius 2 is 1.80 bits per heavy atom. The van der Waals surface area contributed by atoms with E-state index in [2.05, 4.69) is 43.2 Å². The summed E-state index contributed by atoms with van der Waals surface area (Å²) >= 11 is 0. The van der Waals surface area contributed by atoms with Crippen molar-refractivity contribution >= 4 is 10.9 Å². The minimum Gasteiger partial charge on any atom is -1.00 e. The van der Waals surface area contributed by atoms with Crippen LogP contribution < -0.4 is 24.8 Å². The monoisotopic (exact) mass is 381 g/mol. The first-order chi connectivity index (χ1) is 8.27. The van der Waals surface area contributed by atoms with E-state index in [0.717, 1.165) is 5.52 Å². The Morgan fingerprint density at radius 3 is 2.30 bits per heavy atom. The molecule has 0 bridgehead atoms. The van der Waals surface area contributed by atoms with Gasteiger partial charge in [-0.1, -0.05) is 26.0 Å². The Bertz CT molecular complexity index is 549. The van der Waals surface area contributed by atoms with Gasteiger partial charge in [-0.15, -0.1) is 35.5 Å². The van der Waals surface area contributed by atoms with Gasteiger partial charge in [-0.3, -0.25) is 0 Å². The predicted octanol–water partition coefficient (Wildman–Crippen LogP) is -1.77. The molecule has 0 unspecified atom stereocenters. The number of halogens is 2. The Morgan fingerprint density at radius 1 is 1.10 bits per heavy atom. The van der Waals surface area contributed by atoms with Crippen molar-refractivity contribution in [3.05, 3.63) is 72.0 Å². The molecular weight excluding hydrogens is 368 g/mol. The van der Waals surface area contributed by atoms with Gasteiger partial charge in [0, 0.05) is 0 Å². The van der Waals surface area contributed by atoms with E-state index in [1.165, 1.54) is 16.5 Å². The van der Waals surface area contributed by atoms with Crippen molar-refractivity contribution in [1.29, 1.82) is 0 Å². The van der Waals surface area contributed by atoms with Gasteiger partial charge in [-0.2, -0.15) is 35.3 Å². The van der Waals surface area contributed by atoms with Crippen molar-refractivity contribution < 1.29 is 51.0 Å². The summed E-state index contributed by atoms with van der Waals surface area (Å²) in [7, 11) is 0. The third kappa shape index (κ3) is 6.26. The van der Waals surface area contributed by atoms with Gasteiger partial charge in [0.05, 0.1) is 0 Å². The van der Waals surface area contributed by atoms with Crippen LogP contribution in [0, 0.1) is 12.3 Å². The fourth-order valence-electron chi connectivity index (χ4n) is 1.57. The number of allylic oxidation sites excluding steroid dienone is 6. The number of H-pyrrole nitrogens is 1. The van der Waals surface area contributed by atoms with Crippen LogP contribution in [0.15, 0.2) is 59.7 Å². The van der Waals surface area contributed by atoms with Crippen LogP contribution in [0.2, 0.25) is 0 Å². The van der Waals surface area contributed by atoms with E-state index in [4.69, 9.17) is 0 Å². The molecule has 20 heavy (non-hydrogen) atoms. The fraction of sp³-hybridized carbons (Fsp3) is 0.125. The molecule has 1 aromatic heterocycles. The second kappa shape index (κ2) is 11.1. The number of benzene rings is 1. The standard InChI is InChI=1S/C8H6N.C8H9.2ClH.Zr/c1-2-4-8-7(3-1)5-6-9-8;1-7(2)8-5-3-4-6-8;;;/h1-5,9H;3-5H,1-2H3;2*1H;/q2*-1;;;+4/p-2. The fourth-order valence-corrected chi connectivity index (χ4v) is 1.57. The van der Waals surface area contributed by atoms with Crippen molar-refractivity contribution in [1.82, 2.24) is 4.98 Å². The molecule has 1 aromatic carbocycles. The SMILES string of the molecule is CC(C)=C1[C-]=CC=C1.[Cl-].[Cl-].[Zr+4].[c-]1cc2ccccc2[nH]1. The summed E-state index contributed by atoms with van der Waals surface area (Å²) in [6, 6.07) is 10.1. The topological polar surface area (TPSA) is 15.8 Å². The third-order valence-electron chi connectivity index (χ3n) is 2.53. The van der Waals surface area contributed by atoms with Gasteiger partial charge in [0.15, 0.2) is 0 Å². The van der Waals surface area contributed by atoms with Crippen LogP contribution in [0.25, 0.3) is 10.9 Å². The van der Waals surface area contributed by atoms with Crippen molar-refractivity contribution in [2.45, 2.75) is 13.8 Å². The van der Waals surface area contributed by atoms with E-state index < -0.39 is 0 Å². The molecule has 1 N–H and O–H groups in total. The molecule has 0 aliphatic heterocycles. The zero-order chi connectivity index (χ0) is 12.1. The van der Waals surface area contributed by atoms with Crippen LogP contribution in [0.4, 0.5) is 0 Å². The minimum atomic E-state index is 0. The molecular formula is C16H15Cl2NZr. The molecule has 1 nitrogen and oxygen atoms in total. The summed E-state index contributed by atoms with van der Waals surface area (Å²) in [6.45, 7) is 4.18. The maximum atomic E-state index is 3.10. The number of para-hydroxylation sites is 1. The van der Waals surface area contributed by atoms with Gasteiger partial charge in [0.25, 0.3) is 0 Å². The van der Waals surface area contributed by atoms with Gasteiger partial charge in [-0.05, 0) is 0 Å². The third-order valence-corrected chi connectivity index (χ3v) is 2.53. The molecule has 1 aliphatic carbocycles. The van der Waals surface area contributed by atoms with E-state index in [1.54, 1.807) is 0 Å². The Labute approximate surface area is 152 Å². The molecule has 1 aliphatic rings. The molecule has 0 saturated carbocycles. The molecule has 1 heterocycles. The minimum absolute atomic E-state index is 0. The van der Waals surface area contributed by atoms with Gasteiger partial charge in [0.1, 0.15) is 0 Å². The smallest absolute Gasteiger partial charge is 1.00 e. The summed E-state index contributed by atoms with van der Waals surface area (Å²) in [5.74, 6) is 0. The summed E-state index contributed by atoms with van der Waals surface area (Å²) in [5, 5.41) is 1.22. The number of fused-ring (bicyclic) bond motifs is 1. The van der Waals surface area contributed by atoms with Crippen LogP contribution in [0.1, 0.15) is 13.8 Å². The molecule has 0 saturated heterocycles. The van der Waals surface area contributed by atoms with Crippen molar-refractivity contribution in [2.24, 2.45) is 0 Å². The van der Waals surface area contributed by atoms with Crippen LogP contribution in [0.3, 0.4) is 0 Å². The first kappa shape index (κ1) is 21.7. The number of hydrogen-bond acceptors (Lipinski definition) is 0. The molecule has 0 spiro atoms. The maximum absolute atomic E-state index is 3.10. The summed E-state index contributed by atoms with van der Waals surface area (Å²) in [4.78, 5) is 2.99. The number of aromatic amines is 1. The first-order valence-corrected chi connectivity index (χ1v) is 5.65. The molecule has 0 atom stereocenters. The van der Waals surface area contributed by atoms with Gasteiger partial charge >= 0.3 is 26.2 Å². The number of aromatic nitrogens is 1. The Balaban J connectivity index is 0. The van der Waals surface area contributed by atoms with Gasteiger partial charge < -0.3 is 29.8 Å². The largest absolute Gasteiger partial charge is 4.00 e. The van der Waals surface area contributed by atoms with Crippen LogP contribution >= 0.6 is 0 Å². The van der Waals surface area contributed by atoms with Gasteiger partial charge in [-0.25, -0.2) is 0 Å². The van der Waals surface area contributed by atoms with Crippen LogP contribution in [-0.2, 0) is 26.2 Å². The van der Waals surface area contributed by atoms with Crippen molar-refractivity contribution in [3.8, 4) is 0 Å². The predicted molar refractivity (Wildman–Crippen MR) is 72.5 cm³/mol. The second-order valence-corrected chi connectivity index (χ2v) is 4.08. The van der Waals surface area contributed by atoms with E-state index in [9.17, 15) is 0 Å². The molecule has 4 heteroatoms. The molecule has 2 aromatic rings. The average molecular weight is 383 g/mol. The Hall–Kier alpha value is -0.557. The average Bonchev–Trinajstić information content (AvgIpc) is 3.01. The van der Waals surface area contributed by atoms with Gasteiger partial charge in [0.2, 0.25) is 0 Å². The molecule has 0 amide bonds. The molecule has 3 rings (SSSR count). The van der Waals surface area contributed by atoms with Crippen LogP contribution in [0.5, 0.6) is 0 Å². The number of rotatable bonds is 0. The van der Waals surface area contributed by atoms with Crippen LogP contribution in [-0.4, -0.2) is 4.98 Å². The molecule has 0 fully saturated rings. The second-order valence-electron chi connectivity index (χ2n) is 4.08. The van der Waals surface area contributed by atoms with Crippen molar-refractivity contribution in [3.63, 3.8) is 0 Å². The summed E-state index contributed by atoms with van der Waals surface area (Å²) in [5.41, 5.74) is 3.71. The first-order valence-electron chi connectivity index (χ1n) is 5.65. The number of hydrogen-bond donors (Lipinski definition) is 1. The number of nitrogens with one attached hydrogen (secondary N) is 1. The van der Waals surface area contributed by atoms with E-state index in [1.807, 2.05) is 36.4 Å². The summed E-state index contributed by atoms with van der Waals surface area (Å²) in [6.07, 6.45) is 12.0. The Kier molecular flexibility index (Phi) is 12.1. The maximum Gasteiger partial charge on any atom is 4.00 e. The normalized spacial score (nSPS) is 10.8. The molecule has 102 valence electrons. The molecule has 0 radical (unpaired) electrons. The van der Waals surface area contributed by atoms with Crippen molar-refractivity contribution in [2.75, 3.05) is 0 Å². The quantitative estimate of drug-likeness (QED) is 0.518. The summed E-state index contributed by atoms with van der Waals surface area (Å²) < 4.78 is 0. The zero-order valence-corrected chi connectivity index (χ0v) is 15.3. The zero-order valence-electron chi connectivity index (χ0n) is 11.4. The van der Waals surface area contributed by atoms with E-state index >= 15 is 0 Å². The van der Waals surface area contributed by atoms with E-state index in [0.29, 0.717) is 0 Å².